The number of aromatic nitrogens is 2. The van der Waals surface area contributed by atoms with Crippen molar-refractivity contribution in [3.8, 4) is 0 Å². The van der Waals surface area contributed by atoms with E-state index in [0.29, 0.717) is 16.0 Å². The predicted octanol–water partition coefficient (Wildman–Crippen LogP) is 2.90. The van der Waals surface area contributed by atoms with Crippen LogP contribution in [0.15, 0.2) is 4.79 Å². The van der Waals surface area contributed by atoms with Crippen molar-refractivity contribution in [2.45, 2.75) is 38.0 Å². The van der Waals surface area contributed by atoms with E-state index in [1.165, 1.54) is 18.3 Å². The Bertz CT molecular complexity index is 814. The molecule has 5 nitrogen and oxygen atoms in total. The summed E-state index contributed by atoms with van der Waals surface area (Å²) in [4.78, 5) is 32.4. The Morgan fingerprint density at radius 1 is 1.42 bits per heavy atom. The zero-order valence-electron chi connectivity index (χ0n) is 13.2. The highest BCUT2D eigenvalue weighted by Crippen LogP contribution is 2.26. The number of thiophene rings is 1. The monoisotopic (exact) mass is 379 g/mol. The number of aryl methyl sites for hydroxylation is 2. The van der Waals surface area contributed by atoms with Crippen LogP contribution in [0.1, 0.15) is 23.2 Å². The SMILES string of the molecule is Cc1sc2nc(CSC(C)C(=O)NCC(F)(F)F)[nH]c(=O)c2c1C. The lowest BCUT2D eigenvalue weighted by atomic mass is 10.2. The molecule has 0 aromatic carbocycles. The molecule has 2 heterocycles. The molecule has 1 amide bonds. The van der Waals surface area contributed by atoms with Crippen LogP contribution < -0.4 is 10.9 Å². The van der Waals surface area contributed by atoms with Gasteiger partial charge in [0.05, 0.1) is 16.4 Å². The Kier molecular flexibility index (Phi) is 5.59. The van der Waals surface area contributed by atoms with Crippen LogP contribution in [0, 0.1) is 13.8 Å². The maximum atomic E-state index is 12.1. The molecule has 0 aliphatic carbocycles. The van der Waals surface area contributed by atoms with E-state index >= 15 is 0 Å². The highest BCUT2D eigenvalue weighted by atomic mass is 32.2. The highest BCUT2D eigenvalue weighted by molar-refractivity contribution is 7.99. The maximum Gasteiger partial charge on any atom is 0.405 e. The number of nitrogens with one attached hydrogen (secondary N) is 2. The third-order valence-electron chi connectivity index (χ3n) is 3.39. The summed E-state index contributed by atoms with van der Waals surface area (Å²) in [5.41, 5.74) is 0.648. The van der Waals surface area contributed by atoms with Crippen LogP contribution in [0.2, 0.25) is 0 Å². The van der Waals surface area contributed by atoms with Gasteiger partial charge in [0.15, 0.2) is 0 Å². The van der Waals surface area contributed by atoms with Gasteiger partial charge in [-0.25, -0.2) is 4.98 Å². The second-order valence-electron chi connectivity index (χ2n) is 5.26. The van der Waals surface area contributed by atoms with E-state index < -0.39 is 23.9 Å². The largest absolute Gasteiger partial charge is 0.405 e. The van der Waals surface area contributed by atoms with Gasteiger partial charge >= 0.3 is 6.18 Å². The van der Waals surface area contributed by atoms with Gasteiger partial charge in [-0.15, -0.1) is 23.1 Å². The van der Waals surface area contributed by atoms with Crippen LogP contribution >= 0.6 is 23.1 Å². The molecule has 0 saturated carbocycles. The lowest BCUT2D eigenvalue weighted by molar-refractivity contribution is -0.137. The van der Waals surface area contributed by atoms with Crippen LogP contribution in [0.4, 0.5) is 13.2 Å². The Hall–Kier alpha value is -1.55. The molecule has 2 N–H and O–H groups in total. The molecule has 2 aromatic heterocycles. The average Bonchev–Trinajstić information content (AvgIpc) is 2.76. The fourth-order valence-electron chi connectivity index (χ4n) is 1.98. The summed E-state index contributed by atoms with van der Waals surface area (Å²) in [6.07, 6.45) is -4.44. The highest BCUT2D eigenvalue weighted by Gasteiger charge is 2.28. The molecular formula is C14H16F3N3O2S2. The van der Waals surface area contributed by atoms with Crippen molar-refractivity contribution < 1.29 is 18.0 Å². The van der Waals surface area contributed by atoms with Crippen molar-refractivity contribution >= 4 is 39.2 Å². The minimum absolute atomic E-state index is 0.224. The third kappa shape index (κ3) is 4.50. The fourth-order valence-corrected chi connectivity index (χ4v) is 3.81. The number of fused-ring (bicyclic) bond motifs is 1. The first-order chi connectivity index (χ1) is 11.1. The van der Waals surface area contributed by atoms with Crippen molar-refractivity contribution in [2.24, 2.45) is 0 Å². The van der Waals surface area contributed by atoms with Gasteiger partial charge in [0.2, 0.25) is 5.91 Å². The number of carbonyl (C=O) groups is 1. The number of alkyl halides is 3. The van der Waals surface area contributed by atoms with E-state index in [1.807, 2.05) is 19.2 Å². The van der Waals surface area contributed by atoms with E-state index in [9.17, 15) is 22.8 Å². The van der Waals surface area contributed by atoms with Gasteiger partial charge in [0.1, 0.15) is 17.2 Å². The second kappa shape index (κ2) is 7.14. The lowest BCUT2D eigenvalue weighted by Crippen LogP contribution is -2.38. The summed E-state index contributed by atoms with van der Waals surface area (Å²) in [5.74, 6) is -0.0836. The van der Waals surface area contributed by atoms with Crippen LogP contribution in [-0.4, -0.2) is 33.8 Å². The van der Waals surface area contributed by atoms with Crippen LogP contribution in [0.25, 0.3) is 10.2 Å². The Labute approximate surface area is 144 Å². The Morgan fingerprint density at radius 2 is 2.08 bits per heavy atom. The Morgan fingerprint density at radius 3 is 2.71 bits per heavy atom. The van der Waals surface area contributed by atoms with Gasteiger partial charge in [-0.2, -0.15) is 13.2 Å². The number of rotatable bonds is 5. The van der Waals surface area contributed by atoms with E-state index in [4.69, 9.17) is 0 Å². The predicted molar refractivity (Wildman–Crippen MR) is 89.5 cm³/mol. The van der Waals surface area contributed by atoms with E-state index in [0.717, 1.165) is 22.2 Å². The summed E-state index contributed by atoms with van der Waals surface area (Å²) in [6, 6.07) is 0. The molecule has 2 rings (SSSR count). The summed E-state index contributed by atoms with van der Waals surface area (Å²) < 4.78 is 36.3. The quantitative estimate of drug-likeness (QED) is 0.838. The summed E-state index contributed by atoms with van der Waals surface area (Å²) in [5, 5.41) is 1.70. The minimum atomic E-state index is -4.44. The number of H-pyrrole nitrogens is 1. The zero-order valence-corrected chi connectivity index (χ0v) is 14.8. The molecular weight excluding hydrogens is 363 g/mol. The Balaban J connectivity index is 2.03. The van der Waals surface area contributed by atoms with E-state index in [-0.39, 0.29) is 11.3 Å². The number of halogens is 3. The van der Waals surface area contributed by atoms with Crippen molar-refractivity contribution in [3.63, 3.8) is 0 Å². The molecule has 24 heavy (non-hydrogen) atoms. The molecule has 10 heteroatoms. The first-order valence-electron chi connectivity index (χ1n) is 7.03. The molecule has 0 fully saturated rings. The van der Waals surface area contributed by atoms with E-state index in [2.05, 4.69) is 9.97 Å². The standard InChI is InChI=1S/C14H16F3N3O2S2/c1-6-7(2)24-13-10(6)12(22)19-9(20-13)4-23-8(3)11(21)18-5-14(15,16)17/h8H,4-5H2,1-3H3,(H,18,21)(H,19,20,22). The van der Waals surface area contributed by atoms with Crippen molar-refractivity contribution in [2.75, 3.05) is 6.54 Å². The normalized spacial score (nSPS) is 13.2. The average molecular weight is 379 g/mol. The van der Waals surface area contributed by atoms with Gasteiger partial charge in [-0.1, -0.05) is 0 Å². The zero-order chi connectivity index (χ0) is 18.1. The second-order valence-corrected chi connectivity index (χ2v) is 7.79. The van der Waals surface area contributed by atoms with Gasteiger partial charge in [-0.3, -0.25) is 9.59 Å². The van der Waals surface area contributed by atoms with Crippen molar-refractivity contribution in [3.05, 3.63) is 26.6 Å². The minimum Gasteiger partial charge on any atom is -0.346 e. The molecule has 0 aliphatic heterocycles. The van der Waals surface area contributed by atoms with Crippen molar-refractivity contribution in [1.29, 1.82) is 0 Å². The number of carbonyl (C=O) groups excluding carboxylic acids is 1. The van der Waals surface area contributed by atoms with Crippen LogP contribution in [0.5, 0.6) is 0 Å². The summed E-state index contributed by atoms with van der Waals surface area (Å²) >= 11 is 2.52. The summed E-state index contributed by atoms with van der Waals surface area (Å²) in [7, 11) is 0. The number of amides is 1. The number of thioether (sulfide) groups is 1. The molecule has 0 aliphatic rings. The number of nitrogens with zero attached hydrogens (tertiary/aromatic N) is 1. The van der Waals surface area contributed by atoms with Gasteiger partial charge in [0, 0.05) is 4.88 Å². The first-order valence-corrected chi connectivity index (χ1v) is 8.90. The molecule has 0 saturated heterocycles. The first kappa shape index (κ1) is 18.8. The third-order valence-corrected chi connectivity index (χ3v) is 5.65. The molecule has 132 valence electrons. The van der Waals surface area contributed by atoms with Gasteiger partial charge in [-0.05, 0) is 26.3 Å². The molecule has 0 spiro atoms. The topological polar surface area (TPSA) is 74.8 Å². The lowest BCUT2D eigenvalue weighted by Gasteiger charge is -2.13. The molecule has 1 atom stereocenters. The molecule has 2 aromatic rings. The molecule has 0 bridgehead atoms. The van der Waals surface area contributed by atoms with Gasteiger partial charge < -0.3 is 10.3 Å². The molecule has 1 unspecified atom stereocenters. The fraction of sp³-hybridized carbons (Fsp3) is 0.500. The van der Waals surface area contributed by atoms with Crippen LogP contribution in [0.3, 0.4) is 0 Å². The number of hydrogen-bond acceptors (Lipinski definition) is 5. The smallest absolute Gasteiger partial charge is 0.346 e. The van der Waals surface area contributed by atoms with Gasteiger partial charge in [0.25, 0.3) is 5.56 Å². The number of hydrogen-bond donors (Lipinski definition) is 2. The van der Waals surface area contributed by atoms with Crippen LogP contribution in [-0.2, 0) is 10.5 Å². The number of aromatic amines is 1. The summed E-state index contributed by atoms with van der Waals surface area (Å²) in [6.45, 7) is 3.91. The maximum absolute atomic E-state index is 12.1. The van der Waals surface area contributed by atoms with E-state index in [1.54, 1.807) is 0 Å². The molecule has 0 radical (unpaired) electrons. The van der Waals surface area contributed by atoms with Crippen molar-refractivity contribution in [1.82, 2.24) is 15.3 Å².